The lowest BCUT2D eigenvalue weighted by molar-refractivity contribution is 0.0932. The van der Waals surface area contributed by atoms with E-state index in [4.69, 9.17) is 33.5 Å². The SMILES string of the molecule is Cn1cc(-c2ccc(C(=O)N[C@@H]3[C@H]4CC[C@@H]3N(c3ncc(Cl)c5c(N)noc35)C4)c(Cl)c2)ccc1=O. The van der Waals surface area contributed by atoms with Crippen LogP contribution in [0.15, 0.2) is 52.0 Å². The molecule has 3 N–H and O–H groups in total. The Morgan fingerprint density at radius 2 is 1.97 bits per heavy atom. The summed E-state index contributed by atoms with van der Waals surface area (Å²) in [7, 11) is 1.69. The normalized spacial score (nSPS) is 20.9. The molecule has 2 fully saturated rings. The zero-order chi connectivity index (χ0) is 25.1. The standard InChI is InChI=1S/C25H22Cl2N6O3/c1-32-10-13(4-7-19(32)34)12-2-5-15(16(26)8-12)25(35)30-21-14-3-6-18(21)33(11-14)24-22-20(17(27)9-29-24)23(28)31-36-22/h2,4-5,7-10,14,18,21H,3,6,11H2,1H3,(H2,28,31)(H,30,35)/t14-,18-,21+/m0/s1. The molecule has 36 heavy (non-hydrogen) atoms. The van der Waals surface area contributed by atoms with Gasteiger partial charge in [0.15, 0.2) is 11.6 Å². The van der Waals surface area contributed by atoms with Crippen molar-refractivity contribution < 1.29 is 9.32 Å². The fraction of sp³-hybridized carbons (Fsp3) is 0.280. The second-order valence-electron chi connectivity index (χ2n) is 9.32. The Bertz CT molecular complexity index is 1580. The van der Waals surface area contributed by atoms with Gasteiger partial charge in [0.25, 0.3) is 5.91 Å². The largest absolute Gasteiger partial charge is 0.380 e. The monoisotopic (exact) mass is 524 g/mol. The lowest BCUT2D eigenvalue weighted by Crippen LogP contribution is -2.44. The number of rotatable bonds is 4. The lowest BCUT2D eigenvalue weighted by Gasteiger charge is -2.28. The number of hydrogen-bond donors (Lipinski definition) is 2. The van der Waals surface area contributed by atoms with Gasteiger partial charge >= 0.3 is 0 Å². The molecule has 1 aromatic carbocycles. The van der Waals surface area contributed by atoms with E-state index in [1.165, 1.54) is 10.6 Å². The van der Waals surface area contributed by atoms with E-state index in [0.717, 1.165) is 30.5 Å². The molecule has 0 spiro atoms. The molecular formula is C25H22Cl2N6O3. The summed E-state index contributed by atoms with van der Waals surface area (Å²) < 4.78 is 6.96. The van der Waals surface area contributed by atoms with Gasteiger partial charge in [0.05, 0.1) is 33.1 Å². The van der Waals surface area contributed by atoms with Crippen molar-refractivity contribution in [1.29, 1.82) is 0 Å². The Labute approximate surface area is 215 Å². The Morgan fingerprint density at radius 1 is 1.17 bits per heavy atom. The van der Waals surface area contributed by atoms with Crippen molar-refractivity contribution in [2.45, 2.75) is 24.9 Å². The highest BCUT2D eigenvalue weighted by Crippen LogP contribution is 2.43. The summed E-state index contributed by atoms with van der Waals surface area (Å²) in [6.07, 6.45) is 5.20. The topological polar surface area (TPSA) is 119 Å². The molecule has 0 unspecified atom stereocenters. The summed E-state index contributed by atoms with van der Waals surface area (Å²) in [4.78, 5) is 31.6. The molecule has 6 rings (SSSR count). The van der Waals surface area contributed by atoms with Crippen LogP contribution in [-0.2, 0) is 7.05 Å². The van der Waals surface area contributed by atoms with Gasteiger partial charge in [-0.2, -0.15) is 0 Å². The number of aromatic nitrogens is 3. The van der Waals surface area contributed by atoms with E-state index in [1.807, 2.05) is 6.07 Å². The highest BCUT2D eigenvalue weighted by Gasteiger charge is 2.49. The molecule has 2 aliphatic rings. The highest BCUT2D eigenvalue weighted by molar-refractivity contribution is 6.36. The molecule has 9 nitrogen and oxygen atoms in total. The van der Waals surface area contributed by atoms with Crippen molar-refractivity contribution in [2.75, 3.05) is 17.2 Å². The van der Waals surface area contributed by atoms with E-state index >= 15 is 0 Å². The van der Waals surface area contributed by atoms with Crippen LogP contribution in [0.2, 0.25) is 10.0 Å². The second-order valence-corrected chi connectivity index (χ2v) is 10.1. The van der Waals surface area contributed by atoms with Crippen LogP contribution in [0.5, 0.6) is 0 Å². The van der Waals surface area contributed by atoms with Crippen LogP contribution in [0.1, 0.15) is 23.2 Å². The van der Waals surface area contributed by atoms with Crippen molar-refractivity contribution >= 4 is 51.7 Å². The third kappa shape index (κ3) is 3.61. The van der Waals surface area contributed by atoms with Gasteiger partial charge in [-0.15, -0.1) is 0 Å². The number of fused-ring (bicyclic) bond motifs is 3. The lowest BCUT2D eigenvalue weighted by atomic mass is 10.0. The molecule has 1 saturated carbocycles. The fourth-order valence-corrected chi connectivity index (χ4v) is 5.96. The van der Waals surface area contributed by atoms with Crippen LogP contribution in [0.4, 0.5) is 11.6 Å². The van der Waals surface area contributed by atoms with Crippen molar-refractivity contribution in [1.82, 2.24) is 20.0 Å². The van der Waals surface area contributed by atoms with Crippen LogP contribution in [0, 0.1) is 5.92 Å². The van der Waals surface area contributed by atoms with Gasteiger partial charge < -0.3 is 25.0 Å². The van der Waals surface area contributed by atoms with Crippen LogP contribution in [0.25, 0.3) is 22.1 Å². The molecule has 2 bridgehead atoms. The molecule has 11 heteroatoms. The van der Waals surface area contributed by atoms with Crippen molar-refractivity contribution in [3.63, 3.8) is 0 Å². The third-order valence-electron chi connectivity index (χ3n) is 7.25. The molecule has 1 aliphatic carbocycles. The number of nitrogen functional groups attached to an aromatic ring is 1. The van der Waals surface area contributed by atoms with E-state index in [0.29, 0.717) is 32.4 Å². The Morgan fingerprint density at radius 3 is 2.75 bits per heavy atom. The predicted octanol–water partition coefficient (Wildman–Crippen LogP) is 3.87. The summed E-state index contributed by atoms with van der Waals surface area (Å²) in [6, 6.07) is 8.52. The van der Waals surface area contributed by atoms with E-state index in [-0.39, 0.29) is 35.3 Å². The number of nitrogens with zero attached hydrogens (tertiary/aromatic N) is 4. The van der Waals surface area contributed by atoms with Crippen molar-refractivity contribution in [3.8, 4) is 11.1 Å². The number of pyridine rings is 2. The van der Waals surface area contributed by atoms with Gasteiger partial charge in [0.2, 0.25) is 11.1 Å². The number of piperidine rings is 1. The minimum Gasteiger partial charge on any atom is -0.380 e. The number of aryl methyl sites for hydroxylation is 1. The zero-order valence-electron chi connectivity index (χ0n) is 19.2. The van der Waals surface area contributed by atoms with Crippen molar-refractivity contribution in [2.24, 2.45) is 13.0 Å². The number of anilines is 2. The molecule has 4 heterocycles. The minimum absolute atomic E-state index is 0.0470. The third-order valence-corrected chi connectivity index (χ3v) is 7.85. The average molecular weight is 525 g/mol. The van der Waals surface area contributed by atoms with Crippen LogP contribution < -0.4 is 21.5 Å². The van der Waals surface area contributed by atoms with Gasteiger partial charge in [-0.3, -0.25) is 9.59 Å². The second kappa shape index (κ2) is 8.53. The first-order valence-electron chi connectivity index (χ1n) is 11.6. The van der Waals surface area contributed by atoms with Gasteiger partial charge in [0.1, 0.15) is 0 Å². The van der Waals surface area contributed by atoms with E-state index < -0.39 is 0 Å². The smallest absolute Gasteiger partial charge is 0.253 e. The molecule has 3 atom stereocenters. The minimum atomic E-state index is -0.228. The van der Waals surface area contributed by atoms with Crippen LogP contribution >= 0.6 is 23.2 Å². The number of hydrogen-bond acceptors (Lipinski definition) is 7. The van der Waals surface area contributed by atoms with E-state index in [2.05, 4.69) is 20.4 Å². The Hall–Kier alpha value is -3.56. The Balaban J connectivity index is 1.24. The zero-order valence-corrected chi connectivity index (χ0v) is 20.8. The predicted molar refractivity (Wildman–Crippen MR) is 138 cm³/mol. The number of benzene rings is 1. The molecule has 1 saturated heterocycles. The number of amides is 1. The molecular weight excluding hydrogens is 503 g/mol. The fourth-order valence-electron chi connectivity index (χ4n) is 5.46. The highest BCUT2D eigenvalue weighted by atomic mass is 35.5. The molecule has 3 aromatic heterocycles. The number of nitrogens with one attached hydrogen (secondary N) is 1. The van der Waals surface area contributed by atoms with Gasteiger partial charge in [-0.05, 0) is 48.1 Å². The maximum absolute atomic E-state index is 13.3. The molecule has 4 aromatic rings. The first-order valence-corrected chi connectivity index (χ1v) is 12.3. The van der Waals surface area contributed by atoms with Gasteiger partial charge in [-0.25, -0.2) is 4.98 Å². The number of halogens is 2. The summed E-state index contributed by atoms with van der Waals surface area (Å²) in [5.74, 6) is 0.887. The Kier molecular flexibility index (Phi) is 5.42. The first kappa shape index (κ1) is 22.9. The summed E-state index contributed by atoms with van der Waals surface area (Å²) in [5, 5.41) is 8.34. The molecule has 1 aliphatic heterocycles. The molecule has 184 valence electrons. The van der Waals surface area contributed by atoms with Crippen molar-refractivity contribution in [3.05, 3.63) is 68.7 Å². The van der Waals surface area contributed by atoms with Gasteiger partial charge in [-0.1, -0.05) is 34.4 Å². The summed E-state index contributed by atoms with van der Waals surface area (Å²) >= 11 is 12.8. The first-order chi connectivity index (χ1) is 17.3. The van der Waals surface area contributed by atoms with E-state index in [9.17, 15) is 9.59 Å². The maximum Gasteiger partial charge on any atom is 0.253 e. The summed E-state index contributed by atoms with van der Waals surface area (Å²) in [5.41, 5.74) is 8.35. The number of carbonyl (C=O) groups is 1. The quantitative estimate of drug-likeness (QED) is 0.415. The van der Waals surface area contributed by atoms with Crippen LogP contribution in [-0.4, -0.2) is 39.2 Å². The molecule has 0 radical (unpaired) electrons. The average Bonchev–Trinajstić information content (AvgIpc) is 3.54. The van der Waals surface area contributed by atoms with Gasteiger partial charge in [0, 0.05) is 32.1 Å². The number of carbonyl (C=O) groups excluding carboxylic acids is 1. The van der Waals surface area contributed by atoms with E-state index in [1.54, 1.807) is 37.6 Å². The molecule has 1 amide bonds. The number of nitrogens with two attached hydrogens (primary N) is 1. The van der Waals surface area contributed by atoms with Crippen LogP contribution in [0.3, 0.4) is 0 Å². The maximum atomic E-state index is 13.3. The summed E-state index contributed by atoms with van der Waals surface area (Å²) in [6.45, 7) is 0.722.